The van der Waals surface area contributed by atoms with Crippen molar-refractivity contribution in [2.24, 2.45) is 0 Å². The molecule has 0 radical (unpaired) electrons. The molecule has 1 heterocycles. The molecular weight excluding hydrogens is 426 g/mol. The third kappa shape index (κ3) is 8.14. The predicted molar refractivity (Wildman–Crippen MR) is 124 cm³/mol. The van der Waals surface area contributed by atoms with Crippen LogP contribution in [0.5, 0.6) is 23.0 Å². The number of esters is 1. The van der Waals surface area contributed by atoms with Crippen molar-refractivity contribution in [1.29, 1.82) is 0 Å². The molecule has 0 atom stereocenters. The summed E-state index contributed by atoms with van der Waals surface area (Å²) in [5.41, 5.74) is 0.969. The van der Waals surface area contributed by atoms with Crippen molar-refractivity contribution < 1.29 is 33.3 Å². The molecule has 0 saturated carbocycles. The first-order chi connectivity index (χ1) is 16.0. The fourth-order valence-electron chi connectivity index (χ4n) is 3.01. The molecule has 8 heteroatoms. The summed E-state index contributed by atoms with van der Waals surface area (Å²) in [5.74, 6) is 1.67. The van der Waals surface area contributed by atoms with Crippen molar-refractivity contribution in [3.05, 3.63) is 47.8 Å². The zero-order valence-electron chi connectivity index (χ0n) is 19.6. The van der Waals surface area contributed by atoms with Crippen LogP contribution in [-0.4, -0.2) is 51.3 Å². The highest BCUT2D eigenvalue weighted by Crippen LogP contribution is 2.28. The highest BCUT2D eigenvalue weighted by atomic mass is 16.5. The maximum Gasteiger partial charge on any atom is 0.305 e. The van der Waals surface area contributed by atoms with E-state index in [1.54, 1.807) is 50.6 Å². The van der Waals surface area contributed by atoms with E-state index in [0.717, 1.165) is 19.3 Å². The summed E-state index contributed by atoms with van der Waals surface area (Å²) in [6, 6.07) is 6.73. The second-order valence-corrected chi connectivity index (χ2v) is 6.99. The van der Waals surface area contributed by atoms with E-state index < -0.39 is 0 Å². The summed E-state index contributed by atoms with van der Waals surface area (Å²) < 4.78 is 26.5. The Morgan fingerprint density at radius 3 is 2.42 bits per heavy atom. The van der Waals surface area contributed by atoms with E-state index in [1.165, 1.54) is 20.3 Å². The number of pyridine rings is 1. The van der Waals surface area contributed by atoms with Crippen molar-refractivity contribution in [3.63, 3.8) is 0 Å². The van der Waals surface area contributed by atoms with Crippen LogP contribution in [0.15, 0.2) is 36.5 Å². The molecule has 33 heavy (non-hydrogen) atoms. The Hall–Kier alpha value is -3.55. The van der Waals surface area contributed by atoms with Crippen LogP contribution in [0.1, 0.15) is 48.7 Å². The number of benzene rings is 1. The standard InChI is InChI=1S/C25H31NO7/c1-5-32-25(28)9-7-6-8-14-33-23-15-18(26-17-24(23)31-4)10-13-21(27)20-12-11-19(29-2)16-22(20)30-3/h10-13,15-17H,5-9,14H2,1-4H3. The highest BCUT2D eigenvalue weighted by Gasteiger charge is 2.12. The van der Waals surface area contributed by atoms with E-state index in [4.69, 9.17) is 23.7 Å². The lowest BCUT2D eigenvalue weighted by Crippen LogP contribution is -2.04. The van der Waals surface area contributed by atoms with Gasteiger partial charge in [0.2, 0.25) is 0 Å². The largest absolute Gasteiger partial charge is 0.497 e. The Labute approximate surface area is 194 Å². The van der Waals surface area contributed by atoms with E-state index in [1.807, 2.05) is 0 Å². The average molecular weight is 458 g/mol. The molecule has 2 rings (SSSR count). The molecule has 0 saturated heterocycles. The number of unbranched alkanes of at least 4 members (excludes halogenated alkanes) is 2. The van der Waals surface area contributed by atoms with E-state index in [0.29, 0.717) is 53.9 Å². The van der Waals surface area contributed by atoms with E-state index in [9.17, 15) is 9.59 Å². The molecule has 0 aliphatic carbocycles. The number of ketones is 1. The number of hydrogen-bond donors (Lipinski definition) is 0. The van der Waals surface area contributed by atoms with Crippen LogP contribution in [0.4, 0.5) is 0 Å². The molecule has 0 amide bonds. The van der Waals surface area contributed by atoms with E-state index in [-0.39, 0.29) is 11.8 Å². The second kappa shape index (κ2) is 13.8. The number of rotatable bonds is 14. The SMILES string of the molecule is CCOC(=O)CCCCCOc1cc(C=CC(=O)c2ccc(OC)cc2OC)ncc1OC. The topological polar surface area (TPSA) is 93.2 Å². The zero-order chi connectivity index (χ0) is 24.1. The van der Waals surface area contributed by atoms with Gasteiger partial charge in [-0.2, -0.15) is 0 Å². The highest BCUT2D eigenvalue weighted by molar-refractivity contribution is 6.08. The van der Waals surface area contributed by atoms with Gasteiger partial charge in [0.1, 0.15) is 11.5 Å². The molecule has 8 nitrogen and oxygen atoms in total. The Morgan fingerprint density at radius 1 is 0.939 bits per heavy atom. The summed E-state index contributed by atoms with van der Waals surface area (Å²) in [6.07, 6.45) is 7.38. The molecule has 0 bridgehead atoms. The Kier molecular flexibility index (Phi) is 10.7. The summed E-state index contributed by atoms with van der Waals surface area (Å²) in [4.78, 5) is 28.3. The summed E-state index contributed by atoms with van der Waals surface area (Å²) in [6.45, 7) is 2.66. The second-order valence-electron chi connectivity index (χ2n) is 6.99. The smallest absolute Gasteiger partial charge is 0.305 e. The molecule has 178 valence electrons. The third-order valence-electron chi connectivity index (χ3n) is 4.74. The van der Waals surface area contributed by atoms with Crippen molar-refractivity contribution >= 4 is 17.8 Å². The zero-order valence-corrected chi connectivity index (χ0v) is 19.6. The molecule has 0 aliphatic heterocycles. The van der Waals surface area contributed by atoms with Gasteiger partial charge in [-0.1, -0.05) is 0 Å². The van der Waals surface area contributed by atoms with E-state index >= 15 is 0 Å². The first kappa shape index (κ1) is 25.7. The van der Waals surface area contributed by atoms with Crippen LogP contribution >= 0.6 is 0 Å². The van der Waals surface area contributed by atoms with Gasteiger partial charge in [-0.05, 0) is 50.5 Å². The maximum absolute atomic E-state index is 12.6. The summed E-state index contributed by atoms with van der Waals surface area (Å²) in [7, 11) is 4.59. The Morgan fingerprint density at radius 2 is 1.73 bits per heavy atom. The number of carbonyl (C=O) groups excluding carboxylic acids is 2. The van der Waals surface area contributed by atoms with Gasteiger partial charge in [0.25, 0.3) is 0 Å². The van der Waals surface area contributed by atoms with Gasteiger partial charge in [0, 0.05) is 18.6 Å². The molecule has 2 aromatic rings. The van der Waals surface area contributed by atoms with Crippen molar-refractivity contribution in [2.75, 3.05) is 34.5 Å². The lowest BCUT2D eigenvalue weighted by atomic mass is 10.1. The van der Waals surface area contributed by atoms with E-state index in [2.05, 4.69) is 4.98 Å². The Bertz CT molecular complexity index is 956. The summed E-state index contributed by atoms with van der Waals surface area (Å²) >= 11 is 0. The van der Waals surface area contributed by atoms with Gasteiger partial charge in [0.05, 0.1) is 52.0 Å². The lowest BCUT2D eigenvalue weighted by Gasteiger charge is -2.11. The average Bonchev–Trinajstić information content (AvgIpc) is 2.84. The lowest BCUT2D eigenvalue weighted by molar-refractivity contribution is -0.143. The number of methoxy groups -OCH3 is 3. The molecule has 0 fully saturated rings. The van der Waals surface area contributed by atoms with Crippen molar-refractivity contribution in [3.8, 4) is 23.0 Å². The number of ether oxygens (including phenoxy) is 5. The number of carbonyl (C=O) groups is 2. The molecule has 0 spiro atoms. The molecular formula is C25H31NO7. The van der Waals surface area contributed by atoms with Crippen LogP contribution in [0, 0.1) is 0 Å². The quantitative estimate of drug-likeness (QED) is 0.177. The predicted octanol–water partition coefficient (Wildman–Crippen LogP) is 4.51. The fraction of sp³-hybridized carbons (Fsp3) is 0.400. The van der Waals surface area contributed by atoms with Gasteiger partial charge in [-0.25, -0.2) is 0 Å². The van der Waals surface area contributed by atoms with Crippen molar-refractivity contribution in [1.82, 2.24) is 4.98 Å². The first-order valence-corrected chi connectivity index (χ1v) is 10.8. The number of allylic oxidation sites excluding steroid dienone is 1. The minimum atomic E-state index is -0.226. The fourth-order valence-corrected chi connectivity index (χ4v) is 3.01. The minimum absolute atomic E-state index is 0.174. The molecule has 0 N–H and O–H groups in total. The van der Waals surface area contributed by atoms with Gasteiger partial charge < -0.3 is 23.7 Å². The van der Waals surface area contributed by atoms with Crippen LogP contribution in [0.25, 0.3) is 6.08 Å². The van der Waals surface area contributed by atoms with Crippen LogP contribution < -0.4 is 18.9 Å². The van der Waals surface area contributed by atoms with Gasteiger partial charge in [0.15, 0.2) is 17.3 Å². The minimum Gasteiger partial charge on any atom is -0.497 e. The monoisotopic (exact) mass is 457 g/mol. The van der Waals surface area contributed by atoms with Crippen LogP contribution in [-0.2, 0) is 9.53 Å². The normalized spacial score (nSPS) is 10.7. The summed E-state index contributed by atoms with van der Waals surface area (Å²) in [5, 5.41) is 0. The first-order valence-electron chi connectivity index (χ1n) is 10.8. The third-order valence-corrected chi connectivity index (χ3v) is 4.74. The molecule has 1 aromatic heterocycles. The van der Waals surface area contributed by atoms with Gasteiger partial charge in [-0.3, -0.25) is 14.6 Å². The van der Waals surface area contributed by atoms with Crippen LogP contribution in [0.2, 0.25) is 0 Å². The Balaban J connectivity index is 1.97. The molecule has 1 aromatic carbocycles. The maximum atomic E-state index is 12.6. The van der Waals surface area contributed by atoms with Gasteiger partial charge >= 0.3 is 5.97 Å². The number of nitrogens with zero attached hydrogens (tertiary/aromatic N) is 1. The number of aromatic nitrogens is 1. The molecule has 0 aliphatic rings. The van der Waals surface area contributed by atoms with Crippen LogP contribution in [0.3, 0.4) is 0 Å². The van der Waals surface area contributed by atoms with Crippen molar-refractivity contribution in [2.45, 2.75) is 32.6 Å². The number of hydrogen-bond acceptors (Lipinski definition) is 8. The van der Waals surface area contributed by atoms with Gasteiger partial charge in [-0.15, -0.1) is 0 Å². The molecule has 0 unspecified atom stereocenters.